The number of nitrogens with zero attached hydrogens (tertiary/aromatic N) is 1. The smallest absolute Gasteiger partial charge is 0.231 e. The number of aromatic hydroxyl groups is 1. The molecule has 0 aromatic heterocycles. The van der Waals surface area contributed by atoms with E-state index in [1.165, 1.54) is 0 Å². The maximum absolute atomic E-state index is 9.92. The topological polar surface area (TPSA) is 74.5 Å². The second kappa shape index (κ2) is 5.02. The molecule has 100 valence electrons. The summed E-state index contributed by atoms with van der Waals surface area (Å²) in [6, 6.07) is 12.5. The first-order valence-corrected chi connectivity index (χ1v) is 6.12. The van der Waals surface area contributed by atoms with Crippen LogP contribution in [0.5, 0.6) is 17.2 Å². The molecule has 20 heavy (non-hydrogen) atoms. The molecule has 2 N–H and O–H groups in total. The van der Waals surface area contributed by atoms with Crippen LogP contribution in [0.4, 0.5) is 5.69 Å². The molecule has 0 saturated heterocycles. The predicted octanol–water partition coefficient (Wildman–Crippen LogP) is 2.60. The van der Waals surface area contributed by atoms with E-state index >= 15 is 0 Å². The van der Waals surface area contributed by atoms with E-state index in [2.05, 4.69) is 11.4 Å². The van der Waals surface area contributed by atoms with Gasteiger partial charge in [0.1, 0.15) is 5.75 Å². The number of anilines is 1. The van der Waals surface area contributed by atoms with E-state index in [1.807, 2.05) is 12.1 Å². The highest BCUT2D eigenvalue weighted by molar-refractivity contribution is 5.53. The Morgan fingerprint density at radius 1 is 1.15 bits per heavy atom. The minimum atomic E-state index is 0.162. The molecule has 1 aliphatic rings. The van der Waals surface area contributed by atoms with Crippen molar-refractivity contribution < 1.29 is 14.6 Å². The van der Waals surface area contributed by atoms with Crippen LogP contribution >= 0.6 is 0 Å². The molecule has 0 aliphatic carbocycles. The number of benzene rings is 2. The summed E-state index contributed by atoms with van der Waals surface area (Å²) in [5.41, 5.74) is 2.21. The standard InChI is InChI=1S/C15H12N2O3/c16-7-10-1-3-12(4-2-10)17-8-11-5-14-15(6-13(11)18)20-9-19-14/h1-6,17-18H,8-9H2. The van der Waals surface area contributed by atoms with Crippen LogP contribution in [0, 0.1) is 11.3 Å². The molecule has 0 fully saturated rings. The van der Waals surface area contributed by atoms with Gasteiger partial charge >= 0.3 is 0 Å². The minimum absolute atomic E-state index is 0.162. The molecule has 0 radical (unpaired) electrons. The zero-order valence-electron chi connectivity index (χ0n) is 10.6. The van der Waals surface area contributed by atoms with Crippen molar-refractivity contribution in [3.63, 3.8) is 0 Å². The highest BCUT2D eigenvalue weighted by atomic mass is 16.7. The Kier molecular flexibility index (Phi) is 3.05. The Hall–Kier alpha value is -2.87. The zero-order chi connectivity index (χ0) is 13.9. The lowest BCUT2D eigenvalue weighted by molar-refractivity contribution is 0.174. The fourth-order valence-corrected chi connectivity index (χ4v) is 1.97. The molecule has 3 rings (SSSR count). The van der Waals surface area contributed by atoms with Crippen molar-refractivity contribution in [2.75, 3.05) is 12.1 Å². The molecule has 0 saturated carbocycles. The van der Waals surface area contributed by atoms with Crippen molar-refractivity contribution in [1.82, 2.24) is 0 Å². The summed E-state index contributed by atoms with van der Waals surface area (Å²) in [5, 5.41) is 21.8. The van der Waals surface area contributed by atoms with Gasteiger partial charge in [-0.15, -0.1) is 0 Å². The number of hydrogen-bond donors (Lipinski definition) is 2. The normalized spacial score (nSPS) is 11.9. The monoisotopic (exact) mass is 268 g/mol. The molecule has 0 amide bonds. The van der Waals surface area contributed by atoms with E-state index < -0.39 is 0 Å². The van der Waals surface area contributed by atoms with Gasteiger partial charge in [-0.25, -0.2) is 0 Å². The van der Waals surface area contributed by atoms with Crippen LogP contribution in [0.2, 0.25) is 0 Å². The van der Waals surface area contributed by atoms with Crippen molar-refractivity contribution in [3.8, 4) is 23.3 Å². The van der Waals surface area contributed by atoms with Gasteiger partial charge in [0.15, 0.2) is 11.5 Å². The highest BCUT2D eigenvalue weighted by Gasteiger charge is 2.16. The quantitative estimate of drug-likeness (QED) is 0.895. The van der Waals surface area contributed by atoms with Crippen LogP contribution in [0.25, 0.3) is 0 Å². The van der Waals surface area contributed by atoms with Crippen molar-refractivity contribution in [3.05, 3.63) is 47.5 Å². The summed E-state index contributed by atoms with van der Waals surface area (Å²) < 4.78 is 10.5. The number of rotatable bonds is 3. The van der Waals surface area contributed by atoms with Crippen molar-refractivity contribution in [1.29, 1.82) is 5.26 Å². The zero-order valence-corrected chi connectivity index (χ0v) is 10.6. The number of hydrogen-bond acceptors (Lipinski definition) is 5. The molecular formula is C15H12N2O3. The average molecular weight is 268 g/mol. The lowest BCUT2D eigenvalue weighted by Crippen LogP contribution is -1.99. The third-order valence-electron chi connectivity index (χ3n) is 3.07. The van der Waals surface area contributed by atoms with E-state index in [-0.39, 0.29) is 12.5 Å². The Morgan fingerprint density at radius 2 is 1.85 bits per heavy atom. The lowest BCUT2D eigenvalue weighted by atomic mass is 10.1. The Bertz CT molecular complexity index is 675. The van der Waals surface area contributed by atoms with Gasteiger partial charge in [-0.1, -0.05) is 0 Å². The second-order valence-electron chi connectivity index (χ2n) is 4.38. The Labute approximate surface area is 116 Å². The van der Waals surface area contributed by atoms with Gasteiger partial charge in [0.25, 0.3) is 0 Å². The van der Waals surface area contributed by atoms with E-state index in [4.69, 9.17) is 14.7 Å². The summed E-state index contributed by atoms with van der Waals surface area (Å²) in [7, 11) is 0. The Morgan fingerprint density at radius 3 is 2.55 bits per heavy atom. The second-order valence-corrected chi connectivity index (χ2v) is 4.38. The number of phenols is 1. The van der Waals surface area contributed by atoms with E-state index in [1.54, 1.807) is 24.3 Å². The highest BCUT2D eigenvalue weighted by Crippen LogP contribution is 2.37. The molecule has 0 unspecified atom stereocenters. The first kappa shape index (κ1) is 12.2. The third kappa shape index (κ3) is 2.31. The van der Waals surface area contributed by atoms with Gasteiger partial charge in [0, 0.05) is 23.9 Å². The fraction of sp³-hybridized carbons (Fsp3) is 0.133. The van der Waals surface area contributed by atoms with E-state index in [0.717, 1.165) is 11.3 Å². The van der Waals surface area contributed by atoms with Crippen LogP contribution < -0.4 is 14.8 Å². The van der Waals surface area contributed by atoms with E-state index in [9.17, 15) is 5.11 Å². The molecule has 0 atom stereocenters. The average Bonchev–Trinajstić information content (AvgIpc) is 2.92. The summed E-state index contributed by atoms with van der Waals surface area (Å²) >= 11 is 0. The van der Waals surface area contributed by atoms with Gasteiger partial charge in [0.05, 0.1) is 11.6 Å². The van der Waals surface area contributed by atoms with Crippen LogP contribution in [-0.2, 0) is 6.54 Å². The first-order valence-electron chi connectivity index (χ1n) is 6.12. The largest absolute Gasteiger partial charge is 0.507 e. The lowest BCUT2D eigenvalue weighted by Gasteiger charge is -2.09. The number of nitriles is 1. The molecule has 5 nitrogen and oxygen atoms in total. The number of phenolic OH excluding ortho intramolecular Hbond substituents is 1. The maximum Gasteiger partial charge on any atom is 0.231 e. The SMILES string of the molecule is N#Cc1ccc(NCc2cc3c(cc2O)OCO3)cc1. The van der Waals surface area contributed by atoms with Gasteiger partial charge in [-0.2, -0.15) is 5.26 Å². The molecule has 1 aliphatic heterocycles. The third-order valence-corrected chi connectivity index (χ3v) is 3.07. The van der Waals surface area contributed by atoms with Gasteiger partial charge in [0.2, 0.25) is 6.79 Å². The predicted molar refractivity (Wildman–Crippen MR) is 72.7 cm³/mol. The molecule has 2 aromatic rings. The van der Waals surface area contributed by atoms with Crippen LogP contribution in [0.15, 0.2) is 36.4 Å². The minimum Gasteiger partial charge on any atom is -0.507 e. The molecule has 0 spiro atoms. The van der Waals surface area contributed by atoms with Gasteiger partial charge < -0.3 is 19.9 Å². The summed E-state index contributed by atoms with van der Waals surface area (Å²) in [5.74, 6) is 1.36. The molecule has 1 heterocycles. The Balaban J connectivity index is 1.73. The number of ether oxygens (including phenoxy) is 2. The summed E-state index contributed by atoms with van der Waals surface area (Å²) in [6.45, 7) is 0.635. The molecule has 5 heteroatoms. The summed E-state index contributed by atoms with van der Waals surface area (Å²) in [6.07, 6.45) is 0. The van der Waals surface area contributed by atoms with Crippen molar-refractivity contribution in [2.24, 2.45) is 0 Å². The van der Waals surface area contributed by atoms with Crippen LogP contribution in [0.3, 0.4) is 0 Å². The van der Waals surface area contributed by atoms with Gasteiger partial charge in [-0.05, 0) is 30.3 Å². The number of nitrogens with one attached hydrogen (secondary N) is 1. The molecular weight excluding hydrogens is 256 g/mol. The fourth-order valence-electron chi connectivity index (χ4n) is 1.97. The number of fused-ring (bicyclic) bond motifs is 1. The summed E-state index contributed by atoms with van der Waals surface area (Å²) in [4.78, 5) is 0. The van der Waals surface area contributed by atoms with Crippen molar-refractivity contribution in [2.45, 2.75) is 6.54 Å². The van der Waals surface area contributed by atoms with Crippen LogP contribution in [-0.4, -0.2) is 11.9 Å². The van der Waals surface area contributed by atoms with Gasteiger partial charge in [-0.3, -0.25) is 0 Å². The van der Waals surface area contributed by atoms with Crippen molar-refractivity contribution >= 4 is 5.69 Å². The van der Waals surface area contributed by atoms with Crippen LogP contribution in [0.1, 0.15) is 11.1 Å². The first-order chi connectivity index (χ1) is 9.76. The molecule has 2 aromatic carbocycles. The van der Waals surface area contributed by atoms with E-state index in [0.29, 0.717) is 23.6 Å². The maximum atomic E-state index is 9.92. The molecule has 0 bridgehead atoms.